The van der Waals surface area contributed by atoms with Crippen LogP contribution in [0.5, 0.6) is 0 Å². The molecule has 0 aliphatic carbocycles. The van der Waals surface area contributed by atoms with E-state index in [1.54, 1.807) is 22.4 Å². The van der Waals surface area contributed by atoms with Gasteiger partial charge < -0.3 is 20.1 Å². The van der Waals surface area contributed by atoms with Crippen LogP contribution >= 0.6 is 11.8 Å². The van der Waals surface area contributed by atoms with E-state index < -0.39 is 11.6 Å². The molecular formula is C30H49FN4O4S. The fraction of sp³-hybridized carbons (Fsp3) is 0.567. The van der Waals surface area contributed by atoms with Crippen molar-refractivity contribution in [2.75, 3.05) is 26.0 Å². The van der Waals surface area contributed by atoms with Gasteiger partial charge in [-0.1, -0.05) is 39.8 Å². The predicted molar refractivity (Wildman–Crippen MR) is 164 cm³/mol. The molecule has 1 aliphatic heterocycles. The molecule has 1 aromatic carbocycles. The van der Waals surface area contributed by atoms with Crippen molar-refractivity contribution in [1.29, 1.82) is 0 Å². The number of amides is 1. The van der Waals surface area contributed by atoms with Gasteiger partial charge in [0.2, 0.25) is 0 Å². The van der Waals surface area contributed by atoms with Gasteiger partial charge in [0, 0.05) is 35.9 Å². The Bertz CT molecular complexity index is 1010. The average Bonchev–Trinajstić information content (AvgIpc) is 2.94. The number of likely N-dealkylation sites (tertiary alicyclic amines) is 1. The normalized spacial score (nSPS) is 15.0. The van der Waals surface area contributed by atoms with Crippen LogP contribution in [0.3, 0.4) is 0 Å². The number of piperidine rings is 1. The highest BCUT2D eigenvalue weighted by Crippen LogP contribution is 2.28. The number of carbonyl (C=O) groups is 2. The molecule has 0 unspecified atom stereocenters. The molecule has 1 aromatic rings. The highest BCUT2D eigenvalue weighted by molar-refractivity contribution is 8.02. The summed E-state index contributed by atoms with van der Waals surface area (Å²) in [6.07, 6.45) is 1.18. The van der Waals surface area contributed by atoms with E-state index in [9.17, 15) is 14.0 Å². The number of nitrogens with two attached hydrogens (primary N) is 1. The summed E-state index contributed by atoms with van der Waals surface area (Å²) in [6.45, 7) is 18.6. The lowest BCUT2D eigenvalue weighted by Crippen LogP contribution is -2.42. The molecule has 0 aromatic heterocycles. The van der Waals surface area contributed by atoms with Crippen LogP contribution in [0, 0.1) is 11.7 Å². The maximum absolute atomic E-state index is 13.3. The third kappa shape index (κ3) is 13.4. The lowest BCUT2D eigenvalue weighted by Gasteiger charge is -2.34. The predicted octanol–water partition coefficient (Wildman–Crippen LogP) is 6.82. The first kappa shape index (κ1) is 37.0. The number of hydrogen-bond donors (Lipinski definition) is 2. The highest BCUT2D eigenvalue weighted by atomic mass is 32.2. The highest BCUT2D eigenvalue weighted by Gasteiger charge is 2.29. The number of methoxy groups -OCH3 is 1. The molecule has 0 saturated carbocycles. The second-order valence-corrected chi connectivity index (χ2v) is 10.5. The quantitative estimate of drug-likeness (QED) is 0.150. The molecule has 10 heteroatoms. The zero-order valence-corrected chi connectivity index (χ0v) is 26.7. The SMILES string of the molecule is CC.CC.COC(=O)/C(N)=C/SC/C(C)=C(/N/N=C(\C)c1ccc(F)cc1)C1CCN(C(=O)OC(C)(C)C)CC1. The van der Waals surface area contributed by atoms with Gasteiger partial charge in [-0.3, -0.25) is 5.43 Å². The topological polar surface area (TPSA) is 106 Å². The number of carbonyl (C=O) groups excluding carboxylic acids is 2. The molecule has 1 heterocycles. The average molecular weight is 581 g/mol. The maximum Gasteiger partial charge on any atom is 0.410 e. The molecule has 0 radical (unpaired) electrons. The minimum atomic E-state index is -0.573. The van der Waals surface area contributed by atoms with Crippen molar-refractivity contribution in [2.24, 2.45) is 16.8 Å². The second-order valence-electron chi connectivity index (χ2n) is 9.63. The molecule has 1 amide bonds. The maximum atomic E-state index is 13.3. The van der Waals surface area contributed by atoms with Crippen LogP contribution in [0.2, 0.25) is 0 Å². The minimum Gasteiger partial charge on any atom is -0.464 e. The summed E-state index contributed by atoms with van der Waals surface area (Å²) in [5.41, 5.74) is 12.0. The third-order valence-corrected chi connectivity index (χ3v) is 6.57. The number of hydrazone groups is 1. The Morgan fingerprint density at radius 3 is 2.17 bits per heavy atom. The van der Waals surface area contributed by atoms with Gasteiger partial charge in [0.15, 0.2) is 0 Å². The number of nitrogens with one attached hydrogen (secondary N) is 1. The zero-order chi connectivity index (χ0) is 30.9. The number of esters is 1. The molecule has 2 rings (SSSR count). The third-order valence-electron chi connectivity index (χ3n) is 5.55. The van der Waals surface area contributed by atoms with Crippen LogP contribution in [0.1, 0.15) is 80.7 Å². The van der Waals surface area contributed by atoms with E-state index in [1.807, 2.05) is 62.3 Å². The molecule has 0 atom stereocenters. The number of allylic oxidation sites excluding steroid dienone is 1. The second kappa shape index (κ2) is 19.1. The lowest BCUT2D eigenvalue weighted by atomic mass is 9.91. The molecule has 1 saturated heterocycles. The molecule has 8 nitrogen and oxygen atoms in total. The van der Waals surface area contributed by atoms with Crippen molar-refractivity contribution < 1.29 is 23.5 Å². The van der Waals surface area contributed by atoms with Gasteiger partial charge in [0.05, 0.1) is 12.8 Å². The summed E-state index contributed by atoms with van der Waals surface area (Å²) in [5.74, 6) is -0.145. The van der Waals surface area contributed by atoms with Crippen LogP contribution in [-0.4, -0.2) is 54.2 Å². The summed E-state index contributed by atoms with van der Waals surface area (Å²) in [7, 11) is 1.28. The largest absolute Gasteiger partial charge is 0.464 e. The number of hydrogen-bond acceptors (Lipinski definition) is 8. The lowest BCUT2D eigenvalue weighted by molar-refractivity contribution is -0.136. The summed E-state index contributed by atoms with van der Waals surface area (Å²) >= 11 is 1.39. The van der Waals surface area contributed by atoms with Crippen molar-refractivity contribution in [3.8, 4) is 0 Å². The van der Waals surface area contributed by atoms with Gasteiger partial charge in [0.1, 0.15) is 17.1 Å². The first-order valence-corrected chi connectivity index (χ1v) is 14.9. The van der Waals surface area contributed by atoms with E-state index in [4.69, 9.17) is 10.5 Å². The van der Waals surface area contributed by atoms with Crippen LogP contribution < -0.4 is 11.2 Å². The van der Waals surface area contributed by atoms with E-state index in [1.165, 1.54) is 31.0 Å². The zero-order valence-electron chi connectivity index (χ0n) is 25.9. The summed E-state index contributed by atoms with van der Waals surface area (Å²) in [5, 5.41) is 6.14. The van der Waals surface area contributed by atoms with E-state index in [0.29, 0.717) is 24.6 Å². The van der Waals surface area contributed by atoms with Crippen molar-refractivity contribution >= 4 is 29.5 Å². The van der Waals surface area contributed by atoms with Gasteiger partial charge in [-0.25, -0.2) is 14.0 Å². The summed E-state index contributed by atoms with van der Waals surface area (Å²) in [6, 6.07) is 6.16. The van der Waals surface area contributed by atoms with Crippen molar-refractivity contribution in [1.82, 2.24) is 10.3 Å². The Balaban J connectivity index is 0.00000363. The van der Waals surface area contributed by atoms with E-state index in [-0.39, 0.29) is 23.5 Å². The Labute approximate surface area is 244 Å². The summed E-state index contributed by atoms with van der Waals surface area (Å²) in [4.78, 5) is 25.7. The standard InChI is InChI=1S/C26H37FN4O4S.2C2H6/c1-17(15-36-16-22(28)24(32)34-6)23(30-29-18(2)19-7-9-21(27)10-8-19)20-11-13-31(14-12-20)25(33)35-26(3,4)5;2*1-2/h7-10,16,20,30H,11-15,28H2,1-6H3;2*1-2H3/b22-16-,23-17+,29-18+;;. The minimum absolute atomic E-state index is 0.0423. The van der Waals surface area contributed by atoms with Gasteiger partial charge in [-0.05, 0) is 70.7 Å². The van der Waals surface area contributed by atoms with Gasteiger partial charge in [-0.2, -0.15) is 5.10 Å². The number of nitrogens with zero attached hydrogens (tertiary/aromatic N) is 2. The number of halogens is 1. The number of rotatable bonds is 8. The van der Waals surface area contributed by atoms with Gasteiger partial charge in [0.25, 0.3) is 0 Å². The Morgan fingerprint density at radius 2 is 1.68 bits per heavy atom. The summed E-state index contributed by atoms with van der Waals surface area (Å²) < 4.78 is 23.4. The number of benzene rings is 1. The molecule has 40 heavy (non-hydrogen) atoms. The van der Waals surface area contributed by atoms with Crippen LogP contribution in [0.15, 0.2) is 51.7 Å². The van der Waals surface area contributed by atoms with Crippen LogP contribution in [0.25, 0.3) is 0 Å². The first-order chi connectivity index (χ1) is 18.9. The van der Waals surface area contributed by atoms with Gasteiger partial charge in [-0.15, -0.1) is 11.8 Å². The Hall–Kier alpha value is -3.01. The van der Waals surface area contributed by atoms with E-state index in [2.05, 4.69) is 15.3 Å². The van der Waals surface area contributed by atoms with Crippen molar-refractivity contribution in [2.45, 2.75) is 80.8 Å². The monoisotopic (exact) mass is 580 g/mol. The Kier molecular flexibility index (Phi) is 17.7. The fourth-order valence-corrected chi connectivity index (χ4v) is 4.38. The number of ether oxygens (including phenoxy) is 2. The van der Waals surface area contributed by atoms with E-state index >= 15 is 0 Å². The van der Waals surface area contributed by atoms with Crippen LogP contribution in [-0.2, 0) is 14.3 Å². The molecule has 1 aliphatic rings. The molecule has 1 fully saturated rings. The van der Waals surface area contributed by atoms with Gasteiger partial charge >= 0.3 is 12.1 Å². The fourth-order valence-electron chi connectivity index (χ4n) is 3.61. The first-order valence-electron chi connectivity index (χ1n) is 13.8. The molecule has 0 spiro atoms. The number of thioether (sulfide) groups is 1. The van der Waals surface area contributed by atoms with Crippen molar-refractivity contribution in [3.05, 3.63) is 58.0 Å². The molecule has 0 bridgehead atoms. The van der Waals surface area contributed by atoms with Crippen LogP contribution in [0.4, 0.5) is 9.18 Å². The van der Waals surface area contributed by atoms with Crippen molar-refractivity contribution in [3.63, 3.8) is 0 Å². The molecular weight excluding hydrogens is 531 g/mol. The van der Waals surface area contributed by atoms with E-state index in [0.717, 1.165) is 29.7 Å². The Morgan fingerprint density at radius 1 is 1.12 bits per heavy atom. The smallest absolute Gasteiger partial charge is 0.410 e. The molecule has 226 valence electrons. The molecule has 3 N–H and O–H groups in total.